The maximum Gasteiger partial charge on any atom is 0.128 e. The van der Waals surface area contributed by atoms with Gasteiger partial charge in [0, 0.05) is 5.56 Å². The third-order valence-corrected chi connectivity index (χ3v) is 2.07. The van der Waals surface area contributed by atoms with Crippen LogP contribution in [0, 0.1) is 24.1 Å². The van der Waals surface area contributed by atoms with Gasteiger partial charge in [0.1, 0.15) is 5.82 Å². The van der Waals surface area contributed by atoms with Gasteiger partial charge in [0.2, 0.25) is 0 Å². The maximum atomic E-state index is 13.3. The number of halogens is 1. The second-order valence-electron chi connectivity index (χ2n) is 3.72. The van der Waals surface area contributed by atoms with Crippen LogP contribution in [0.5, 0.6) is 0 Å². The van der Waals surface area contributed by atoms with Gasteiger partial charge < -0.3 is 0 Å². The van der Waals surface area contributed by atoms with E-state index in [1.165, 1.54) is 6.07 Å². The quantitative estimate of drug-likeness (QED) is 0.647. The van der Waals surface area contributed by atoms with Crippen LogP contribution >= 0.6 is 0 Å². The Kier molecular flexibility index (Phi) is 2.38. The number of aryl methyl sites for hydroxylation is 1. The summed E-state index contributed by atoms with van der Waals surface area (Å²) in [7, 11) is 0. The Morgan fingerprint density at radius 2 is 2.00 bits per heavy atom. The highest BCUT2D eigenvalue weighted by Gasteiger charge is 2.23. The lowest BCUT2D eigenvalue weighted by molar-refractivity contribution is 0.564. The van der Waals surface area contributed by atoms with Gasteiger partial charge in [0.15, 0.2) is 0 Å². The van der Waals surface area contributed by atoms with E-state index in [0.717, 1.165) is 5.56 Å². The van der Waals surface area contributed by atoms with Crippen molar-refractivity contribution in [2.24, 2.45) is 0 Å². The highest BCUT2D eigenvalue weighted by atomic mass is 19.1. The fourth-order valence-corrected chi connectivity index (χ4v) is 1.18. The number of rotatable bonds is 1. The van der Waals surface area contributed by atoms with Gasteiger partial charge in [-0.05, 0) is 26.8 Å². The summed E-state index contributed by atoms with van der Waals surface area (Å²) in [6.07, 6.45) is 0. The van der Waals surface area contributed by atoms with Crippen LogP contribution in [0.2, 0.25) is 0 Å². The summed E-state index contributed by atoms with van der Waals surface area (Å²) in [4.78, 5) is 0. The van der Waals surface area contributed by atoms with Crippen LogP contribution in [0.15, 0.2) is 18.2 Å². The highest BCUT2D eigenvalue weighted by Crippen LogP contribution is 2.25. The van der Waals surface area contributed by atoms with Gasteiger partial charge in [0.05, 0.1) is 11.5 Å². The maximum absolute atomic E-state index is 13.3. The number of hydrogen-bond donors (Lipinski definition) is 0. The average Bonchev–Trinajstić information content (AvgIpc) is 2.09. The molecule has 0 saturated carbocycles. The monoisotopic (exact) mass is 177 g/mol. The van der Waals surface area contributed by atoms with E-state index in [9.17, 15) is 4.39 Å². The number of benzene rings is 1. The van der Waals surface area contributed by atoms with Crippen molar-refractivity contribution in [2.75, 3.05) is 0 Å². The molecule has 1 aromatic carbocycles. The first-order valence-electron chi connectivity index (χ1n) is 4.15. The van der Waals surface area contributed by atoms with Gasteiger partial charge >= 0.3 is 0 Å². The van der Waals surface area contributed by atoms with Gasteiger partial charge in [-0.2, -0.15) is 5.26 Å². The molecule has 0 aliphatic rings. The Bertz CT molecular complexity index is 361. The van der Waals surface area contributed by atoms with Gasteiger partial charge in [-0.1, -0.05) is 17.7 Å². The average molecular weight is 177 g/mol. The van der Waals surface area contributed by atoms with Crippen molar-refractivity contribution in [1.82, 2.24) is 0 Å². The van der Waals surface area contributed by atoms with Crippen molar-refractivity contribution < 1.29 is 4.39 Å². The smallest absolute Gasteiger partial charge is 0.128 e. The number of hydrogen-bond acceptors (Lipinski definition) is 1. The molecule has 0 aromatic heterocycles. The topological polar surface area (TPSA) is 23.8 Å². The Hall–Kier alpha value is -1.36. The molecule has 0 bridgehead atoms. The lowest BCUT2D eigenvalue weighted by Crippen LogP contribution is -2.16. The normalized spacial score (nSPS) is 11.0. The van der Waals surface area contributed by atoms with Crippen LogP contribution in [0.1, 0.15) is 25.0 Å². The van der Waals surface area contributed by atoms with Crippen molar-refractivity contribution in [1.29, 1.82) is 5.26 Å². The first-order valence-corrected chi connectivity index (χ1v) is 4.15. The molecule has 0 unspecified atom stereocenters. The minimum absolute atomic E-state index is 0.308. The first-order chi connectivity index (χ1) is 5.97. The van der Waals surface area contributed by atoms with Crippen LogP contribution in [0.3, 0.4) is 0 Å². The highest BCUT2D eigenvalue weighted by molar-refractivity contribution is 5.34. The van der Waals surface area contributed by atoms with Crippen LogP contribution in [-0.2, 0) is 5.41 Å². The van der Waals surface area contributed by atoms with E-state index in [2.05, 4.69) is 6.07 Å². The summed E-state index contributed by atoms with van der Waals surface area (Å²) in [5.41, 5.74) is 0.686. The van der Waals surface area contributed by atoms with Gasteiger partial charge in [0.25, 0.3) is 0 Å². The molecular formula is C11H12FN. The molecule has 0 heterocycles. The summed E-state index contributed by atoms with van der Waals surface area (Å²) in [5, 5.41) is 8.85. The largest absolute Gasteiger partial charge is 0.207 e. The summed E-state index contributed by atoms with van der Waals surface area (Å²) in [6, 6.07) is 6.91. The van der Waals surface area contributed by atoms with E-state index in [1.54, 1.807) is 26.0 Å². The Morgan fingerprint density at radius 1 is 1.38 bits per heavy atom. The fraction of sp³-hybridized carbons (Fsp3) is 0.364. The number of nitrogens with zero attached hydrogens (tertiary/aromatic N) is 1. The zero-order chi connectivity index (χ0) is 10.1. The predicted molar refractivity (Wildman–Crippen MR) is 49.8 cm³/mol. The fourth-order valence-electron chi connectivity index (χ4n) is 1.18. The third-order valence-electron chi connectivity index (χ3n) is 2.07. The minimum Gasteiger partial charge on any atom is -0.207 e. The second-order valence-corrected chi connectivity index (χ2v) is 3.72. The second kappa shape index (κ2) is 3.18. The van der Waals surface area contributed by atoms with Crippen molar-refractivity contribution in [3.63, 3.8) is 0 Å². The van der Waals surface area contributed by atoms with Gasteiger partial charge in [-0.3, -0.25) is 0 Å². The van der Waals surface area contributed by atoms with E-state index in [4.69, 9.17) is 5.26 Å². The Labute approximate surface area is 77.8 Å². The minimum atomic E-state index is -0.754. The molecule has 0 N–H and O–H groups in total. The molecule has 0 radical (unpaired) electrons. The molecule has 2 heteroatoms. The van der Waals surface area contributed by atoms with Gasteiger partial charge in [-0.25, -0.2) is 4.39 Å². The molecule has 68 valence electrons. The Morgan fingerprint density at radius 3 is 2.54 bits per heavy atom. The molecule has 1 rings (SSSR count). The van der Waals surface area contributed by atoms with Gasteiger partial charge in [-0.15, -0.1) is 0 Å². The molecule has 0 amide bonds. The van der Waals surface area contributed by atoms with Crippen LogP contribution < -0.4 is 0 Å². The van der Waals surface area contributed by atoms with Crippen LogP contribution in [0.4, 0.5) is 4.39 Å². The molecule has 0 atom stereocenters. The van der Waals surface area contributed by atoms with Crippen LogP contribution in [0.25, 0.3) is 0 Å². The predicted octanol–water partition coefficient (Wildman–Crippen LogP) is 2.94. The zero-order valence-corrected chi connectivity index (χ0v) is 8.06. The standard InChI is InChI=1S/C11H12FN/c1-8-4-5-10(12)9(6-8)11(2,3)7-13/h4-6H,1-3H3. The molecule has 0 spiro atoms. The summed E-state index contributed by atoms with van der Waals surface area (Å²) in [6.45, 7) is 5.31. The summed E-state index contributed by atoms with van der Waals surface area (Å²) in [5.74, 6) is -0.308. The molecule has 1 nitrogen and oxygen atoms in total. The summed E-state index contributed by atoms with van der Waals surface area (Å²) >= 11 is 0. The lowest BCUT2D eigenvalue weighted by Gasteiger charge is -2.16. The molecule has 0 aliphatic carbocycles. The van der Waals surface area contributed by atoms with Crippen LogP contribution in [-0.4, -0.2) is 0 Å². The summed E-state index contributed by atoms with van der Waals surface area (Å²) < 4.78 is 13.3. The van der Waals surface area contributed by atoms with E-state index < -0.39 is 5.41 Å². The van der Waals surface area contributed by atoms with E-state index in [0.29, 0.717) is 5.56 Å². The van der Waals surface area contributed by atoms with Crippen molar-refractivity contribution in [3.05, 3.63) is 35.1 Å². The lowest BCUT2D eigenvalue weighted by atomic mass is 9.85. The van der Waals surface area contributed by atoms with E-state index in [-0.39, 0.29) is 5.82 Å². The molecule has 1 aromatic rings. The first kappa shape index (κ1) is 9.73. The van der Waals surface area contributed by atoms with E-state index >= 15 is 0 Å². The Balaban J connectivity index is 3.30. The van der Waals surface area contributed by atoms with Crippen molar-refractivity contribution >= 4 is 0 Å². The zero-order valence-electron chi connectivity index (χ0n) is 8.06. The molecule has 0 fully saturated rings. The van der Waals surface area contributed by atoms with E-state index in [1.807, 2.05) is 6.92 Å². The van der Waals surface area contributed by atoms with Crippen molar-refractivity contribution in [2.45, 2.75) is 26.2 Å². The SMILES string of the molecule is Cc1ccc(F)c(C(C)(C)C#N)c1. The molecule has 0 aliphatic heterocycles. The number of nitriles is 1. The molecular weight excluding hydrogens is 165 g/mol. The molecule has 13 heavy (non-hydrogen) atoms. The third kappa shape index (κ3) is 1.86. The molecule has 0 saturated heterocycles. The van der Waals surface area contributed by atoms with Crippen molar-refractivity contribution in [3.8, 4) is 6.07 Å².